The van der Waals surface area contributed by atoms with E-state index in [0.717, 1.165) is 10.6 Å². The van der Waals surface area contributed by atoms with E-state index in [4.69, 9.17) is 23.2 Å². The Morgan fingerprint density at radius 2 is 1.74 bits per heavy atom. The fourth-order valence-corrected chi connectivity index (χ4v) is 4.25. The Bertz CT molecular complexity index is 1340. The molecule has 0 unspecified atom stereocenters. The Kier molecular flexibility index (Phi) is 7.87. The lowest BCUT2D eigenvalue weighted by molar-refractivity contribution is -0.384. The smallest absolute Gasteiger partial charge is 0.267 e. The number of anilines is 1. The van der Waals surface area contributed by atoms with Gasteiger partial charge in [-0.1, -0.05) is 41.4 Å². The third-order valence-corrected chi connectivity index (χ3v) is 6.56. The highest BCUT2D eigenvalue weighted by Crippen LogP contribution is 2.34. The van der Waals surface area contributed by atoms with Crippen molar-refractivity contribution in [3.8, 4) is 0 Å². The molecular formula is C22H18Cl2N4O5S. The largest absolute Gasteiger partial charge is 0.271 e. The van der Waals surface area contributed by atoms with E-state index in [1.807, 2.05) is 0 Å². The summed E-state index contributed by atoms with van der Waals surface area (Å²) in [6, 6.07) is 16.7. The summed E-state index contributed by atoms with van der Waals surface area (Å²) in [5, 5.41) is 14.9. The molecule has 0 aromatic heterocycles. The van der Waals surface area contributed by atoms with Gasteiger partial charge in [0.25, 0.3) is 11.6 Å². The molecule has 176 valence electrons. The third-order valence-electron chi connectivity index (χ3n) is 4.63. The summed E-state index contributed by atoms with van der Waals surface area (Å²) in [7, 11) is -3.67. The summed E-state index contributed by atoms with van der Waals surface area (Å²) >= 11 is 12.2. The van der Waals surface area contributed by atoms with Gasteiger partial charge in [-0.3, -0.25) is 19.2 Å². The molecule has 9 nitrogen and oxygen atoms in total. The number of rotatable bonds is 8. The van der Waals surface area contributed by atoms with Gasteiger partial charge in [-0.25, -0.2) is 13.8 Å². The van der Waals surface area contributed by atoms with E-state index in [1.54, 1.807) is 30.3 Å². The Hall–Kier alpha value is -3.47. The van der Waals surface area contributed by atoms with Crippen molar-refractivity contribution in [2.24, 2.45) is 5.10 Å². The van der Waals surface area contributed by atoms with Crippen LogP contribution in [-0.4, -0.2) is 31.7 Å². The highest BCUT2D eigenvalue weighted by atomic mass is 35.5. The number of nitro groups is 1. The SMILES string of the molecule is CS(=O)(=O)N(Cc1ccc(C(=O)N/N=C\c2ccc([N+](=O)[O-])cc2)cc1)c1cccc(Cl)c1Cl. The number of hydrogen-bond acceptors (Lipinski definition) is 6. The molecule has 0 radical (unpaired) electrons. The van der Waals surface area contributed by atoms with E-state index in [-0.39, 0.29) is 28.0 Å². The van der Waals surface area contributed by atoms with E-state index in [9.17, 15) is 23.3 Å². The minimum Gasteiger partial charge on any atom is -0.267 e. The van der Waals surface area contributed by atoms with Crippen molar-refractivity contribution < 1.29 is 18.1 Å². The lowest BCUT2D eigenvalue weighted by Gasteiger charge is -2.24. The van der Waals surface area contributed by atoms with Gasteiger partial charge in [-0.05, 0) is 47.5 Å². The fourth-order valence-electron chi connectivity index (χ4n) is 2.91. The maximum Gasteiger partial charge on any atom is 0.271 e. The maximum absolute atomic E-state index is 12.4. The summed E-state index contributed by atoms with van der Waals surface area (Å²) in [5.41, 5.74) is 4.06. The van der Waals surface area contributed by atoms with Crippen molar-refractivity contribution in [1.82, 2.24) is 5.43 Å². The quantitative estimate of drug-likeness (QED) is 0.263. The van der Waals surface area contributed by atoms with Crippen molar-refractivity contribution in [2.75, 3.05) is 10.6 Å². The summed E-state index contributed by atoms with van der Waals surface area (Å²) in [4.78, 5) is 22.5. The zero-order chi connectivity index (χ0) is 24.9. The van der Waals surface area contributed by atoms with Crippen LogP contribution in [0.3, 0.4) is 0 Å². The predicted molar refractivity (Wildman–Crippen MR) is 132 cm³/mol. The number of non-ortho nitro benzene ring substituents is 1. The number of sulfonamides is 1. The number of nitrogens with zero attached hydrogens (tertiary/aromatic N) is 3. The molecule has 1 amide bonds. The van der Waals surface area contributed by atoms with Crippen molar-refractivity contribution in [3.63, 3.8) is 0 Å². The van der Waals surface area contributed by atoms with Gasteiger partial charge >= 0.3 is 0 Å². The predicted octanol–water partition coefficient (Wildman–Crippen LogP) is 4.63. The Morgan fingerprint density at radius 1 is 1.09 bits per heavy atom. The summed E-state index contributed by atoms with van der Waals surface area (Å²) in [6.07, 6.45) is 2.42. The zero-order valence-electron chi connectivity index (χ0n) is 17.7. The highest BCUT2D eigenvalue weighted by molar-refractivity contribution is 7.92. The standard InChI is InChI=1S/C22H18Cl2N4O5S/c1-34(32,33)27(20-4-2-3-19(23)21(20)24)14-16-5-9-17(10-6-16)22(29)26-25-13-15-7-11-18(12-8-15)28(30)31/h2-13H,14H2,1H3,(H,26,29)/b25-13-. The van der Waals surface area contributed by atoms with E-state index in [1.165, 1.54) is 42.6 Å². The van der Waals surface area contributed by atoms with Gasteiger partial charge in [-0.2, -0.15) is 5.10 Å². The normalized spacial score (nSPS) is 11.4. The van der Waals surface area contributed by atoms with Gasteiger partial charge in [0, 0.05) is 17.7 Å². The Morgan fingerprint density at radius 3 is 2.32 bits per heavy atom. The lowest BCUT2D eigenvalue weighted by atomic mass is 10.1. The minimum atomic E-state index is -3.67. The first kappa shape index (κ1) is 25.2. The minimum absolute atomic E-state index is 0.0148. The molecule has 3 aromatic carbocycles. The van der Waals surface area contributed by atoms with Crippen molar-refractivity contribution >= 4 is 56.7 Å². The number of halogens is 2. The number of hydrogen-bond donors (Lipinski definition) is 1. The van der Waals surface area contributed by atoms with E-state index in [2.05, 4.69) is 10.5 Å². The molecule has 0 aliphatic carbocycles. The second-order valence-electron chi connectivity index (χ2n) is 7.09. The topological polar surface area (TPSA) is 122 Å². The highest BCUT2D eigenvalue weighted by Gasteiger charge is 2.21. The molecule has 0 saturated carbocycles. The molecule has 12 heteroatoms. The van der Waals surface area contributed by atoms with Crippen LogP contribution in [0.25, 0.3) is 0 Å². The van der Waals surface area contributed by atoms with Crippen molar-refractivity contribution in [2.45, 2.75) is 6.54 Å². The number of nitrogens with one attached hydrogen (secondary N) is 1. The van der Waals surface area contributed by atoms with Crippen LogP contribution in [0.4, 0.5) is 11.4 Å². The number of hydrazone groups is 1. The summed E-state index contributed by atoms with van der Waals surface area (Å²) in [5.74, 6) is -0.484. The molecule has 0 saturated heterocycles. The fraction of sp³-hybridized carbons (Fsp3) is 0.0909. The van der Waals surface area contributed by atoms with Crippen LogP contribution < -0.4 is 9.73 Å². The lowest BCUT2D eigenvalue weighted by Crippen LogP contribution is -2.29. The third kappa shape index (κ3) is 6.31. The molecule has 0 bridgehead atoms. The molecule has 0 aliphatic heterocycles. The van der Waals surface area contributed by atoms with Crippen LogP contribution in [0.15, 0.2) is 71.8 Å². The van der Waals surface area contributed by atoms with Crippen LogP contribution in [0.2, 0.25) is 10.0 Å². The number of carbonyl (C=O) groups excluding carboxylic acids is 1. The van der Waals surface area contributed by atoms with Gasteiger partial charge in [0.2, 0.25) is 10.0 Å². The van der Waals surface area contributed by atoms with Gasteiger partial charge in [0.05, 0.1) is 39.7 Å². The zero-order valence-corrected chi connectivity index (χ0v) is 20.0. The van der Waals surface area contributed by atoms with Gasteiger partial charge in [0.15, 0.2) is 0 Å². The second kappa shape index (κ2) is 10.6. The van der Waals surface area contributed by atoms with E-state index in [0.29, 0.717) is 16.7 Å². The molecule has 0 spiro atoms. The molecule has 34 heavy (non-hydrogen) atoms. The van der Waals surface area contributed by atoms with Crippen molar-refractivity contribution in [3.05, 3.63) is 104 Å². The van der Waals surface area contributed by atoms with Gasteiger partial charge in [0.1, 0.15) is 0 Å². The first-order valence-electron chi connectivity index (χ1n) is 9.65. The maximum atomic E-state index is 12.4. The summed E-state index contributed by atoms with van der Waals surface area (Å²) in [6.45, 7) is -0.0148. The van der Waals surface area contributed by atoms with Crippen LogP contribution in [0.5, 0.6) is 0 Å². The molecule has 0 fully saturated rings. The molecule has 1 N–H and O–H groups in total. The van der Waals surface area contributed by atoms with Gasteiger partial charge < -0.3 is 0 Å². The number of amides is 1. The first-order chi connectivity index (χ1) is 16.1. The Labute approximate surface area is 205 Å². The molecule has 3 rings (SSSR count). The molecule has 3 aromatic rings. The molecule has 0 aliphatic rings. The van der Waals surface area contributed by atoms with E-state index < -0.39 is 20.9 Å². The van der Waals surface area contributed by atoms with Crippen LogP contribution in [-0.2, 0) is 16.6 Å². The number of benzene rings is 3. The van der Waals surface area contributed by atoms with Gasteiger partial charge in [-0.15, -0.1) is 0 Å². The van der Waals surface area contributed by atoms with Crippen LogP contribution in [0.1, 0.15) is 21.5 Å². The van der Waals surface area contributed by atoms with E-state index >= 15 is 0 Å². The summed E-state index contributed by atoms with van der Waals surface area (Å²) < 4.78 is 25.9. The number of carbonyl (C=O) groups is 1. The number of nitro benzene ring substituents is 1. The average Bonchev–Trinajstić information content (AvgIpc) is 2.79. The molecule has 0 atom stereocenters. The average molecular weight is 521 g/mol. The molecular weight excluding hydrogens is 503 g/mol. The monoisotopic (exact) mass is 520 g/mol. The second-order valence-corrected chi connectivity index (χ2v) is 9.78. The van der Waals surface area contributed by atoms with Crippen LogP contribution >= 0.6 is 23.2 Å². The first-order valence-corrected chi connectivity index (χ1v) is 12.2. The molecule has 0 heterocycles. The Balaban J connectivity index is 1.69. The van der Waals surface area contributed by atoms with Crippen molar-refractivity contribution in [1.29, 1.82) is 0 Å². The van der Waals surface area contributed by atoms with Crippen LogP contribution in [0, 0.1) is 10.1 Å².